The molecule has 0 aliphatic carbocycles. The SMILES string of the molecule is CCC(CC)CN(CC)S(=O)(=O)c1cnn(CCNC)c1. The molecule has 1 aromatic rings. The Bertz CT molecular complexity index is 509. The van der Waals surface area contributed by atoms with Gasteiger partial charge in [-0.1, -0.05) is 33.6 Å². The van der Waals surface area contributed by atoms with Crippen molar-refractivity contribution in [2.75, 3.05) is 26.7 Å². The molecule has 6 nitrogen and oxygen atoms in total. The Morgan fingerprint density at radius 3 is 2.52 bits per heavy atom. The molecular formula is C14H28N4O2S. The van der Waals surface area contributed by atoms with Gasteiger partial charge in [0.15, 0.2) is 0 Å². The van der Waals surface area contributed by atoms with Crippen LogP contribution in [0.4, 0.5) is 0 Å². The van der Waals surface area contributed by atoms with E-state index in [2.05, 4.69) is 24.3 Å². The van der Waals surface area contributed by atoms with Gasteiger partial charge in [0.05, 0.1) is 12.7 Å². The average Bonchev–Trinajstić information content (AvgIpc) is 2.95. The maximum atomic E-state index is 12.7. The first-order chi connectivity index (χ1) is 9.99. The lowest BCUT2D eigenvalue weighted by molar-refractivity contribution is 0.339. The molecule has 0 fully saturated rings. The van der Waals surface area contributed by atoms with Gasteiger partial charge in [0.2, 0.25) is 10.0 Å². The molecule has 0 amide bonds. The number of aromatic nitrogens is 2. The molecule has 0 atom stereocenters. The van der Waals surface area contributed by atoms with Gasteiger partial charge in [0, 0.05) is 25.8 Å². The molecule has 0 unspecified atom stereocenters. The molecular weight excluding hydrogens is 288 g/mol. The van der Waals surface area contributed by atoms with Crippen molar-refractivity contribution < 1.29 is 8.42 Å². The van der Waals surface area contributed by atoms with Gasteiger partial charge in [0.25, 0.3) is 0 Å². The topological polar surface area (TPSA) is 67.2 Å². The summed E-state index contributed by atoms with van der Waals surface area (Å²) in [5.74, 6) is 0.402. The minimum atomic E-state index is -3.44. The van der Waals surface area contributed by atoms with Gasteiger partial charge >= 0.3 is 0 Å². The number of sulfonamides is 1. The van der Waals surface area contributed by atoms with Crippen LogP contribution in [0.2, 0.25) is 0 Å². The van der Waals surface area contributed by atoms with Crippen LogP contribution >= 0.6 is 0 Å². The van der Waals surface area contributed by atoms with Crippen molar-refractivity contribution in [3.63, 3.8) is 0 Å². The summed E-state index contributed by atoms with van der Waals surface area (Å²) >= 11 is 0. The summed E-state index contributed by atoms with van der Waals surface area (Å²) in [6.07, 6.45) is 5.04. The Balaban J connectivity index is 2.88. The van der Waals surface area contributed by atoms with Crippen LogP contribution in [-0.4, -0.2) is 49.2 Å². The number of nitrogens with one attached hydrogen (secondary N) is 1. The second-order valence-electron chi connectivity index (χ2n) is 5.18. The zero-order valence-electron chi connectivity index (χ0n) is 13.5. The molecule has 122 valence electrons. The summed E-state index contributed by atoms with van der Waals surface area (Å²) in [7, 11) is -1.58. The van der Waals surface area contributed by atoms with E-state index in [9.17, 15) is 8.42 Å². The van der Waals surface area contributed by atoms with E-state index in [1.165, 1.54) is 6.20 Å². The maximum Gasteiger partial charge on any atom is 0.246 e. The van der Waals surface area contributed by atoms with E-state index >= 15 is 0 Å². The fourth-order valence-corrected chi connectivity index (χ4v) is 3.69. The smallest absolute Gasteiger partial charge is 0.246 e. The van der Waals surface area contributed by atoms with Crippen LogP contribution in [0.1, 0.15) is 33.6 Å². The quantitative estimate of drug-likeness (QED) is 0.711. The van der Waals surface area contributed by atoms with Crippen molar-refractivity contribution in [2.24, 2.45) is 5.92 Å². The first-order valence-electron chi connectivity index (χ1n) is 7.66. The highest BCUT2D eigenvalue weighted by Crippen LogP contribution is 2.18. The third kappa shape index (κ3) is 4.79. The monoisotopic (exact) mass is 316 g/mol. The Kier molecular flexibility index (Phi) is 7.34. The summed E-state index contributed by atoms with van der Waals surface area (Å²) in [5.41, 5.74) is 0. The van der Waals surface area contributed by atoms with Crippen molar-refractivity contribution in [2.45, 2.75) is 45.1 Å². The normalized spacial score (nSPS) is 12.5. The molecule has 1 aromatic heterocycles. The van der Waals surface area contributed by atoms with Crippen molar-refractivity contribution in [1.82, 2.24) is 19.4 Å². The average molecular weight is 316 g/mol. The van der Waals surface area contributed by atoms with Gasteiger partial charge in [-0.15, -0.1) is 0 Å². The maximum absolute atomic E-state index is 12.7. The molecule has 1 heterocycles. The first-order valence-corrected chi connectivity index (χ1v) is 9.10. The van der Waals surface area contributed by atoms with Gasteiger partial charge in [-0.05, 0) is 13.0 Å². The summed E-state index contributed by atoms with van der Waals surface area (Å²) in [6.45, 7) is 8.56. The van der Waals surface area contributed by atoms with E-state index in [-0.39, 0.29) is 4.90 Å². The lowest BCUT2D eigenvalue weighted by Crippen LogP contribution is -2.35. The molecule has 0 spiro atoms. The highest BCUT2D eigenvalue weighted by atomic mass is 32.2. The van der Waals surface area contributed by atoms with E-state index in [1.54, 1.807) is 15.2 Å². The zero-order chi connectivity index (χ0) is 15.9. The van der Waals surface area contributed by atoms with Crippen molar-refractivity contribution in [1.29, 1.82) is 0 Å². The number of likely N-dealkylation sites (N-methyl/N-ethyl adjacent to an activating group) is 1. The predicted molar refractivity (Wildman–Crippen MR) is 84.7 cm³/mol. The first kappa shape index (κ1) is 18.1. The number of nitrogens with zero attached hydrogens (tertiary/aromatic N) is 3. The number of rotatable bonds is 10. The lowest BCUT2D eigenvalue weighted by Gasteiger charge is -2.24. The molecule has 0 saturated heterocycles. The van der Waals surface area contributed by atoms with Crippen LogP contribution in [0.5, 0.6) is 0 Å². The van der Waals surface area contributed by atoms with Gasteiger partial charge < -0.3 is 5.32 Å². The number of hydrogen-bond donors (Lipinski definition) is 1. The molecule has 21 heavy (non-hydrogen) atoms. The second kappa shape index (κ2) is 8.51. The highest BCUT2D eigenvalue weighted by molar-refractivity contribution is 7.89. The standard InChI is InChI=1S/C14H28N4O2S/c1-5-13(6-2)11-18(7-3)21(19,20)14-10-16-17(12-14)9-8-15-4/h10,12-13,15H,5-9,11H2,1-4H3. The van der Waals surface area contributed by atoms with Crippen molar-refractivity contribution >= 4 is 10.0 Å². The minimum Gasteiger partial charge on any atom is -0.318 e. The van der Waals surface area contributed by atoms with E-state index in [0.29, 0.717) is 25.6 Å². The molecule has 0 aromatic carbocycles. The third-order valence-corrected chi connectivity index (χ3v) is 5.70. The number of hydrogen-bond acceptors (Lipinski definition) is 4. The van der Waals surface area contributed by atoms with E-state index in [0.717, 1.165) is 19.4 Å². The Morgan fingerprint density at radius 2 is 2.00 bits per heavy atom. The molecule has 1 rings (SSSR count). The van der Waals surface area contributed by atoms with Gasteiger partial charge in [-0.2, -0.15) is 9.40 Å². The largest absolute Gasteiger partial charge is 0.318 e. The van der Waals surface area contributed by atoms with E-state index in [1.807, 2.05) is 14.0 Å². The zero-order valence-corrected chi connectivity index (χ0v) is 14.4. The predicted octanol–water partition coefficient (Wildman–Crippen LogP) is 1.55. The molecule has 0 aliphatic heterocycles. The Morgan fingerprint density at radius 1 is 1.33 bits per heavy atom. The van der Waals surface area contributed by atoms with Crippen LogP contribution in [0.25, 0.3) is 0 Å². The van der Waals surface area contributed by atoms with Gasteiger partial charge in [-0.25, -0.2) is 8.42 Å². The molecule has 0 bridgehead atoms. The third-order valence-electron chi connectivity index (χ3n) is 3.81. The van der Waals surface area contributed by atoms with Crippen LogP contribution in [0, 0.1) is 5.92 Å². The van der Waals surface area contributed by atoms with E-state index in [4.69, 9.17) is 0 Å². The van der Waals surface area contributed by atoms with E-state index < -0.39 is 10.0 Å². The summed E-state index contributed by atoms with van der Waals surface area (Å²) < 4.78 is 28.6. The summed E-state index contributed by atoms with van der Waals surface area (Å²) in [6, 6.07) is 0. The summed E-state index contributed by atoms with van der Waals surface area (Å²) in [5, 5.41) is 7.15. The van der Waals surface area contributed by atoms with Crippen LogP contribution in [-0.2, 0) is 16.6 Å². The Hall–Kier alpha value is -0.920. The molecule has 0 aliphatic rings. The molecule has 1 N–H and O–H groups in total. The van der Waals surface area contributed by atoms with Crippen molar-refractivity contribution in [3.05, 3.63) is 12.4 Å². The summed E-state index contributed by atoms with van der Waals surface area (Å²) in [4.78, 5) is 0.284. The second-order valence-corrected chi connectivity index (χ2v) is 7.12. The van der Waals surface area contributed by atoms with Gasteiger partial charge in [-0.3, -0.25) is 4.68 Å². The Labute approximate surface area is 128 Å². The van der Waals surface area contributed by atoms with Crippen molar-refractivity contribution in [3.8, 4) is 0 Å². The molecule has 0 saturated carbocycles. The minimum absolute atomic E-state index is 0.284. The molecule has 7 heteroatoms. The van der Waals surface area contributed by atoms with Crippen LogP contribution in [0.3, 0.4) is 0 Å². The van der Waals surface area contributed by atoms with Crippen LogP contribution < -0.4 is 5.32 Å². The molecule has 0 radical (unpaired) electrons. The van der Waals surface area contributed by atoms with Gasteiger partial charge in [0.1, 0.15) is 4.90 Å². The van der Waals surface area contributed by atoms with Crippen LogP contribution in [0.15, 0.2) is 17.3 Å². The highest BCUT2D eigenvalue weighted by Gasteiger charge is 2.26. The fourth-order valence-electron chi connectivity index (χ4n) is 2.21. The fraction of sp³-hybridized carbons (Fsp3) is 0.786. The lowest BCUT2D eigenvalue weighted by atomic mass is 10.0.